The number of aromatic nitrogens is 2. The van der Waals surface area contributed by atoms with Gasteiger partial charge in [0.1, 0.15) is 5.75 Å². The number of fused-ring (bicyclic) bond motifs is 1. The van der Waals surface area contributed by atoms with E-state index in [4.69, 9.17) is 16.3 Å². The SMILES string of the molecule is COc1cc(Cl)cc(-c2c3c(nn2C)[C@H](C)NCC3)c1. The fourth-order valence-corrected chi connectivity index (χ4v) is 3.10. The Labute approximate surface area is 123 Å². The summed E-state index contributed by atoms with van der Waals surface area (Å²) in [6.45, 7) is 3.12. The van der Waals surface area contributed by atoms with Gasteiger partial charge in [-0.3, -0.25) is 4.68 Å². The molecule has 5 heteroatoms. The van der Waals surface area contributed by atoms with Gasteiger partial charge in [-0.2, -0.15) is 5.10 Å². The maximum Gasteiger partial charge on any atom is 0.121 e. The van der Waals surface area contributed by atoms with Gasteiger partial charge < -0.3 is 10.1 Å². The van der Waals surface area contributed by atoms with E-state index in [1.54, 1.807) is 7.11 Å². The lowest BCUT2D eigenvalue weighted by molar-refractivity contribution is 0.415. The Morgan fingerprint density at radius 2 is 2.20 bits per heavy atom. The molecule has 0 spiro atoms. The third kappa shape index (κ3) is 2.19. The minimum absolute atomic E-state index is 0.291. The molecule has 0 amide bonds. The van der Waals surface area contributed by atoms with E-state index in [1.165, 1.54) is 5.56 Å². The van der Waals surface area contributed by atoms with Gasteiger partial charge in [-0.05, 0) is 38.1 Å². The van der Waals surface area contributed by atoms with Crippen LogP contribution in [0.2, 0.25) is 5.02 Å². The average molecular weight is 292 g/mol. The monoisotopic (exact) mass is 291 g/mol. The minimum atomic E-state index is 0.291. The second-order valence-corrected chi connectivity index (χ2v) is 5.58. The van der Waals surface area contributed by atoms with Crippen molar-refractivity contribution in [3.05, 3.63) is 34.5 Å². The molecule has 0 fully saturated rings. The van der Waals surface area contributed by atoms with E-state index in [9.17, 15) is 0 Å². The van der Waals surface area contributed by atoms with Crippen LogP contribution in [0.15, 0.2) is 18.2 Å². The lowest BCUT2D eigenvalue weighted by Crippen LogP contribution is -2.27. The van der Waals surface area contributed by atoms with Gasteiger partial charge >= 0.3 is 0 Å². The number of nitrogens with one attached hydrogen (secondary N) is 1. The summed E-state index contributed by atoms with van der Waals surface area (Å²) in [5.41, 5.74) is 4.63. The Morgan fingerprint density at radius 1 is 1.40 bits per heavy atom. The van der Waals surface area contributed by atoms with Gasteiger partial charge in [0.15, 0.2) is 0 Å². The molecule has 1 atom stereocenters. The van der Waals surface area contributed by atoms with E-state index in [1.807, 2.05) is 29.9 Å². The smallest absolute Gasteiger partial charge is 0.121 e. The number of hydrogen-bond donors (Lipinski definition) is 1. The predicted molar refractivity (Wildman–Crippen MR) is 80.3 cm³/mol. The van der Waals surface area contributed by atoms with Crippen molar-refractivity contribution in [2.45, 2.75) is 19.4 Å². The molecule has 1 aromatic heterocycles. The zero-order valence-electron chi connectivity index (χ0n) is 11.9. The molecule has 1 aromatic carbocycles. The molecule has 3 rings (SSSR count). The number of nitrogens with zero attached hydrogens (tertiary/aromatic N) is 2. The van der Waals surface area contributed by atoms with Gasteiger partial charge in [0, 0.05) is 29.2 Å². The first-order chi connectivity index (χ1) is 9.60. The van der Waals surface area contributed by atoms with Gasteiger partial charge in [-0.1, -0.05) is 11.6 Å². The third-order valence-corrected chi connectivity index (χ3v) is 4.01. The summed E-state index contributed by atoms with van der Waals surface area (Å²) in [7, 11) is 3.63. The first-order valence-electron chi connectivity index (χ1n) is 6.74. The molecule has 0 bridgehead atoms. The zero-order valence-corrected chi connectivity index (χ0v) is 12.7. The summed E-state index contributed by atoms with van der Waals surface area (Å²) in [6, 6.07) is 6.09. The Bertz CT molecular complexity index is 651. The Balaban J connectivity index is 2.17. The molecule has 20 heavy (non-hydrogen) atoms. The number of ether oxygens (including phenoxy) is 1. The molecule has 0 unspecified atom stereocenters. The number of rotatable bonds is 2. The van der Waals surface area contributed by atoms with Gasteiger partial charge in [0.05, 0.1) is 18.5 Å². The third-order valence-electron chi connectivity index (χ3n) is 3.79. The van der Waals surface area contributed by atoms with Crippen LogP contribution in [0.25, 0.3) is 11.3 Å². The van der Waals surface area contributed by atoms with Gasteiger partial charge in [-0.15, -0.1) is 0 Å². The maximum atomic E-state index is 6.19. The van der Waals surface area contributed by atoms with E-state index in [0.29, 0.717) is 11.1 Å². The minimum Gasteiger partial charge on any atom is -0.497 e. The first-order valence-corrected chi connectivity index (χ1v) is 7.12. The van der Waals surface area contributed by atoms with Crippen LogP contribution in [-0.2, 0) is 13.5 Å². The van der Waals surface area contributed by atoms with Crippen molar-refractivity contribution in [2.24, 2.45) is 7.05 Å². The zero-order chi connectivity index (χ0) is 14.3. The van der Waals surface area contributed by atoms with E-state index in [0.717, 1.165) is 35.7 Å². The van der Waals surface area contributed by atoms with Gasteiger partial charge in [0.2, 0.25) is 0 Å². The molecule has 106 valence electrons. The second kappa shape index (κ2) is 5.11. The second-order valence-electron chi connectivity index (χ2n) is 5.14. The largest absolute Gasteiger partial charge is 0.497 e. The molecular formula is C15H18ClN3O. The normalized spacial score (nSPS) is 17.9. The maximum absolute atomic E-state index is 6.19. The summed E-state index contributed by atoms with van der Waals surface area (Å²) >= 11 is 6.19. The standard InChI is InChI=1S/C15H18ClN3O/c1-9-14-13(4-5-17-9)15(19(2)18-14)10-6-11(16)8-12(7-10)20-3/h6-9,17H,4-5H2,1-3H3/t9-/m0/s1. The van der Waals surface area contributed by atoms with Crippen LogP contribution in [0, 0.1) is 0 Å². The lowest BCUT2D eigenvalue weighted by Gasteiger charge is -2.19. The number of hydrogen-bond acceptors (Lipinski definition) is 3. The van der Waals surface area contributed by atoms with Crippen LogP contribution in [0.1, 0.15) is 24.2 Å². The van der Waals surface area contributed by atoms with E-state index in [-0.39, 0.29) is 0 Å². The molecule has 1 N–H and O–H groups in total. The van der Waals surface area contributed by atoms with Crippen LogP contribution < -0.4 is 10.1 Å². The molecule has 1 aliphatic rings. The van der Waals surface area contributed by atoms with Crippen molar-refractivity contribution < 1.29 is 4.74 Å². The quantitative estimate of drug-likeness (QED) is 0.924. The van der Waals surface area contributed by atoms with Crippen molar-refractivity contribution in [3.8, 4) is 17.0 Å². The summed E-state index contributed by atoms with van der Waals surface area (Å²) in [6.07, 6.45) is 0.984. The highest BCUT2D eigenvalue weighted by atomic mass is 35.5. The molecule has 0 saturated heterocycles. The summed E-state index contributed by atoms with van der Waals surface area (Å²) in [4.78, 5) is 0. The van der Waals surface area contributed by atoms with Crippen molar-refractivity contribution in [1.82, 2.24) is 15.1 Å². The molecule has 0 radical (unpaired) electrons. The van der Waals surface area contributed by atoms with E-state index < -0.39 is 0 Å². The molecule has 1 aliphatic heterocycles. The summed E-state index contributed by atoms with van der Waals surface area (Å²) in [5.74, 6) is 0.768. The number of benzene rings is 1. The predicted octanol–water partition coefficient (Wildman–Crippen LogP) is 2.96. The van der Waals surface area contributed by atoms with Crippen LogP contribution >= 0.6 is 11.6 Å². The van der Waals surface area contributed by atoms with Crippen molar-refractivity contribution in [2.75, 3.05) is 13.7 Å². The molecular weight excluding hydrogens is 274 g/mol. The topological polar surface area (TPSA) is 39.1 Å². The fourth-order valence-electron chi connectivity index (χ4n) is 2.87. The van der Waals surface area contributed by atoms with Crippen molar-refractivity contribution in [1.29, 1.82) is 0 Å². The highest BCUT2D eigenvalue weighted by molar-refractivity contribution is 6.31. The van der Waals surface area contributed by atoms with Gasteiger partial charge in [-0.25, -0.2) is 0 Å². The van der Waals surface area contributed by atoms with Crippen LogP contribution in [0.4, 0.5) is 0 Å². The number of methoxy groups -OCH3 is 1. The average Bonchev–Trinajstić information content (AvgIpc) is 2.76. The highest BCUT2D eigenvalue weighted by Crippen LogP contribution is 2.34. The van der Waals surface area contributed by atoms with Crippen LogP contribution in [0.5, 0.6) is 5.75 Å². The van der Waals surface area contributed by atoms with E-state index >= 15 is 0 Å². The molecule has 2 heterocycles. The van der Waals surface area contributed by atoms with Crippen molar-refractivity contribution in [3.63, 3.8) is 0 Å². The molecule has 0 saturated carbocycles. The van der Waals surface area contributed by atoms with Crippen molar-refractivity contribution >= 4 is 11.6 Å². The Hall–Kier alpha value is -1.52. The van der Waals surface area contributed by atoms with Crippen LogP contribution in [0.3, 0.4) is 0 Å². The Morgan fingerprint density at radius 3 is 2.95 bits per heavy atom. The first kappa shape index (κ1) is 13.5. The molecule has 0 aliphatic carbocycles. The lowest BCUT2D eigenvalue weighted by atomic mass is 9.97. The van der Waals surface area contributed by atoms with Gasteiger partial charge in [0.25, 0.3) is 0 Å². The summed E-state index contributed by atoms with van der Waals surface area (Å²) < 4.78 is 7.26. The fraction of sp³-hybridized carbons (Fsp3) is 0.400. The summed E-state index contributed by atoms with van der Waals surface area (Å²) in [5, 5.41) is 8.78. The Kier molecular flexibility index (Phi) is 3.44. The van der Waals surface area contributed by atoms with Crippen LogP contribution in [-0.4, -0.2) is 23.4 Å². The molecule has 2 aromatic rings. The van der Waals surface area contributed by atoms with E-state index in [2.05, 4.69) is 17.3 Å². The number of aryl methyl sites for hydroxylation is 1. The molecule has 4 nitrogen and oxygen atoms in total. The number of halogens is 1. The highest BCUT2D eigenvalue weighted by Gasteiger charge is 2.25.